The third kappa shape index (κ3) is 3.85. The van der Waals surface area contributed by atoms with Crippen molar-refractivity contribution >= 4 is 5.91 Å². The Bertz CT molecular complexity index is 526. The minimum absolute atomic E-state index is 0.0630. The van der Waals surface area contributed by atoms with Crippen molar-refractivity contribution in [3.63, 3.8) is 0 Å². The van der Waals surface area contributed by atoms with E-state index in [1.807, 2.05) is 18.2 Å². The van der Waals surface area contributed by atoms with Crippen LogP contribution in [0.15, 0.2) is 28.9 Å². The quantitative estimate of drug-likeness (QED) is 0.761. The molecule has 1 amide bonds. The zero-order valence-electron chi connectivity index (χ0n) is 10.6. The van der Waals surface area contributed by atoms with Crippen LogP contribution in [0.25, 0.3) is 11.5 Å². The lowest BCUT2D eigenvalue weighted by atomic mass is 10.3. The van der Waals surface area contributed by atoms with Crippen molar-refractivity contribution in [2.75, 3.05) is 20.1 Å². The van der Waals surface area contributed by atoms with Gasteiger partial charge in [-0.05, 0) is 19.2 Å². The van der Waals surface area contributed by atoms with Crippen LogP contribution in [0.5, 0.6) is 0 Å². The SMILES string of the molecule is CNCC(=O)NCCc1nc(-c2ccccn2)no1. The van der Waals surface area contributed by atoms with Gasteiger partial charge in [-0.15, -0.1) is 0 Å². The van der Waals surface area contributed by atoms with Crippen molar-refractivity contribution in [2.45, 2.75) is 6.42 Å². The molecule has 2 aromatic rings. The predicted octanol–water partition coefficient (Wildman–Crippen LogP) is 0.00970. The standard InChI is InChI=1S/C12H15N5O2/c1-13-8-10(18)15-7-5-11-16-12(17-19-11)9-4-2-3-6-14-9/h2-4,6,13H,5,7-8H2,1H3,(H,15,18). The molecule has 0 spiro atoms. The summed E-state index contributed by atoms with van der Waals surface area (Å²) in [5.74, 6) is 0.870. The van der Waals surface area contributed by atoms with Crippen molar-refractivity contribution in [3.05, 3.63) is 30.3 Å². The van der Waals surface area contributed by atoms with Gasteiger partial charge in [-0.25, -0.2) is 0 Å². The molecule has 7 heteroatoms. The number of likely N-dealkylation sites (N-methyl/N-ethyl adjacent to an activating group) is 1. The van der Waals surface area contributed by atoms with Crippen LogP contribution < -0.4 is 10.6 Å². The Labute approximate surface area is 110 Å². The molecule has 0 aliphatic heterocycles. The Morgan fingerprint density at radius 1 is 1.42 bits per heavy atom. The number of aromatic nitrogens is 3. The molecule has 0 aliphatic carbocycles. The Morgan fingerprint density at radius 2 is 2.32 bits per heavy atom. The van der Waals surface area contributed by atoms with E-state index in [1.165, 1.54) is 0 Å². The molecule has 0 aliphatic rings. The average Bonchev–Trinajstić information content (AvgIpc) is 2.89. The summed E-state index contributed by atoms with van der Waals surface area (Å²) in [6.07, 6.45) is 2.17. The van der Waals surface area contributed by atoms with Gasteiger partial charge in [0.1, 0.15) is 5.69 Å². The number of amides is 1. The number of hydrogen-bond acceptors (Lipinski definition) is 6. The molecule has 0 fully saturated rings. The molecule has 19 heavy (non-hydrogen) atoms. The van der Waals surface area contributed by atoms with E-state index in [4.69, 9.17) is 4.52 Å². The molecule has 0 saturated heterocycles. The Kier molecular flexibility index (Phi) is 4.57. The van der Waals surface area contributed by atoms with Crippen LogP contribution in [-0.2, 0) is 11.2 Å². The topological polar surface area (TPSA) is 92.9 Å². The highest BCUT2D eigenvalue weighted by atomic mass is 16.5. The molecule has 0 saturated carbocycles. The van der Waals surface area contributed by atoms with Crippen molar-refractivity contribution in [1.82, 2.24) is 25.8 Å². The number of hydrogen-bond donors (Lipinski definition) is 2. The van der Waals surface area contributed by atoms with E-state index < -0.39 is 0 Å². The average molecular weight is 261 g/mol. The molecular formula is C12H15N5O2. The lowest BCUT2D eigenvalue weighted by molar-refractivity contribution is -0.120. The van der Waals surface area contributed by atoms with Gasteiger partial charge < -0.3 is 15.2 Å². The molecule has 0 radical (unpaired) electrons. The van der Waals surface area contributed by atoms with E-state index in [9.17, 15) is 4.79 Å². The summed E-state index contributed by atoms with van der Waals surface area (Å²) in [6.45, 7) is 0.757. The van der Waals surface area contributed by atoms with Crippen molar-refractivity contribution < 1.29 is 9.32 Å². The van der Waals surface area contributed by atoms with Crippen LogP contribution in [0.3, 0.4) is 0 Å². The molecule has 7 nitrogen and oxygen atoms in total. The zero-order chi connectivity index (χ0) is 13.5. The van der Waals surface area contributed by atoms with Crippen molar-refractivity contribution in [2.24, 2.45) is 0 Å². The fourth-order valence-corrected chi connectivity index (χ4v) is 1.49. The smallest absolute Gasteiger partial charge is 0.233 e. The van der Waals surface area contributed by atoms with Gasteiger partial charge in [0.15, 0.2) is 0 Å². The van der Waals surface area contributed by atoms with E-state index in [1.54, 1.807) is 13.2 Å². The van der Waals surface area contributed by atoms with E-state index >= 15 is 0 Å². The summed E-state index contributed by atoms with van der Waals surface area (Å²) in [6, 6.07) is 5.49. The van der Waals surface area contributed by atoms with Gasteiger partial charge in [0.2, 0.25) is 17.6 Å². The van der Waals surface area contributed by atoms with Crippen LogP contribution in [0.4, 0.5) is 0 Å². The normalized spacial score (nSPS) is 10.4. The first-order chi connectivity index (χ1) is 9.29. The summed E-state index contributed by atoms with van der Waals surface area (Å²) in [5, 5.41) is 9.35. The summed E-state index contributed by atoms with van der Waals surface area (Å²) in [7, 11) is 1.72. The summed E-state index contributed by atoms with van der Waals surface area (Å²) < 4.78 is 5.09. The van der Waals surface area contributed by atoms with Crippen LogP contribution in [0, 0.1) is 0 Å². The maximum atomic E-state index is 11.2. The van der Waals surface area contributed by atoms with E-state index in [-0.39, 0.29) is 5.91 Å². The molecule has 0 bridgehead atoms. The highest BCUT2D eigenvalue weighted by Crippen LogP contribution is 2.11. The molecular weight excluding hydrogens is 246 g/mol. The molecule has 0 aromatic carbocycles. The maximum absolute atomic E-state index is 11.2. The third-order valence-electron chi connectivity index (χ3n) is 2.36. The second kappa shape index (κ2) is 6.60. The number of carbonyl (C=O) groups is 1. The summed E-state index contributed by atoms with van der Waals surface area (Å²) in [4.78, 5) is 19.6. The maximum Gasteiger partial charge on any atom is 0.233 e. The molecule has 2 rings (SSSR count). The number of nitrogens with zero attached hydrogens (tertiary/aromatic N) is 3. The van der Waals surface area contributed by atoms with Gasteiger partial charge in [-0.2, -0.15) is 4.98 Å². The molecule has 2 aromatic heterocycles. The Morgan fingerprint density at radius 3 is 3.05 bits per heavy atom. The highest BCUT2D eigenvalue weighted by Gasteiger charge is 2.09. The number of nitrogens with one attached hydrogen (secondary N) is 2. The van der Waals surface area contributed by atoms with Gasteiger partial charge >= 0.3 is 0 Å². The first kappa shape index (κ1) is 13.2. The van der Waals surface area contributed by atoms with E-state index in [0.717, 1.165) is 0 Å². The molecule has 0 unspecified atom stereocenters. The molecule has 2 heterocycles. The van der Waals surface area contributed by atoms with Gasteiger partial charge in [0.25, 0.3) is 0 Å². The van der Waals surface area contributed by atoms with Crippen LogP contribution in [0.2, 0.25) is 0 Å². The minimum atomic E-state index is -0.0630. The second-order valence-electron chi connectivity index (χ2n) is 3.86. The largest absolute Gasteiger partial charge is 0.354 e. The van der Waals surface area contributed by atoms with E-state index in [0.29, 0.717) is 36.9 Å². The fourth-order valence-electron chi connectivity index (χ4n) is 1.49. The fraction of sp³-hybridized carbons (Fsp3) is 0.333. The predicted molar refractivity (Wildman–Crippen MR) is 68.2 cm³/mol. The second-order valence-corrected chi connectivity index (χ2v) is 3.86. The van der Waals surface area contributed by atoms with Crippen LogP contribution >= 0.6 is 0 Å². The lowest BCUT2D eigenvalue weighted by Gasteiger charge is -2.01. The summed E-state index contributed by atoms with van der Waals surface area (Å²) >= 11 is 0. The number of rotatable bonds is 6. The zero-order valence-corrected chi connectivity index (χ0v) is 10.6. The van der Waals surface area contributed by atoms with Gasteiger partial charge in [0, 0.05) is 19.2 Å². The van der Waals surface area contributed by atoms with E-state index in [2.05, 4.69) is 25.8 Å². The molecule has 0 atom stereocenters. The lowest BCUT2D eigenvalue weighted by Crippen LogP contribution is -2.33. The Balaban J connectivity index is 1.86. The van der Waals surface area contributed by atoms with Crippen LogP contribution in [0.1, 0.15) is 5.89 Å². The number of carbonyl (C=O) groups excluding carboxylic acids is 1. The van der Waals surface area contributed by atoms with Gasteiger partial charge in [0.05, 0.1) is 6.54 Å². The summed E-state index contributed by atoms with van der Waals surface area (Å²) in [5.41, 5.74) is 0.664. The Hall–Kier alpha value is -2.28. The molecule has 100 valence electrons. The van der Waals surface area contributed by atoms with Gasteiger partial charge in [-0.1, -0.05) is 11.2 Å². The highest BCUT2D eigenvalue weighted by molar-refractivity contribution is 5.77. The van der Waals surface area contributed by atoms with Gasteiger partial charge in [-0.3, -0.25) is 9.78 Å². The third-order valence-corrected chi connectivity index (χ3v) is 2.36. The first-order valence-corrected chi connectivity index (χ1v) is 5.95. The van der Waals surface area contributed by atoms with Crippen LogP contribution in [-0.4, -0.2) is 41.2 Å². The molecule has 2 N–H and O–H groups in total. The minimum Gasteiger partial charge on any atom is -0.354 e. The monoisotopic (exact) mass is 261 g/mol. The van der Waals surface area contributed by atoms with Crippen molar-refractivity contribution in [1.29, 1.82) is 0 Å². The van der Waals surface area contributed by atoms with Crippen molar-refractivity contribution in [3.8, 4) is 11.5 Å². The number of pyridine rings is 1. The first-order valence-electron chi connectivity index (χ1n) is 5.95.